The standard InChI is InChI=1S/C25H24N2O6/c1-3-32-25(30)33-19-14-12-17(13-15-19)24(29)27-21-10-6-5-9-20(21)26-23(28)16-18-8-4-7-11-22(18)31-2/h4-15H,3,16H2,1-2H3,(H,26,28)(H,27,29). The largest absolute Gasteiger partial charge is 0.513 e. The number of methoxy groups -OCH3 is 1. The number of hydrogen-bond donors (Lipinski definition) is 2. The quantitative estimate of drug-likeness (QED) is 0.384. The van der Waals surface area contributed by atoms with E-state index in [-0.39, 0.29) is 30.6 Å². The molecule has 0 saturated carbocycles. The Hall–Kier alpha value is -4.33. The zero-order valence-electron chi connectivity index (χ0n) is 18.3. The van der Waals surface area contributed by atoms with E-state index in [0.717, 1.165) is 5.56 Å². The first-order valence-electron chi connectivity index (χ1n) is 10.3. The van der Waals surface area contributed by atoms with Crippen molar-refractivity contribution in [2.75, 3.05) is 24.4 Å². The van der Waals surface area contributed by atoms with Crippen LogP contribution in [0.3, 0.4) is 0 Å². The van der Waals surface area contributed by atoms with Crippen molar-refractivity contribution in [2.24, 2.45) is 0 Å². The molecule has 3 aromatic carbocycles. The van der Waals surface area contributed by atoms with Gasteiger partial charge in [0.2, 0.25) is 5.91 Å². The highest BCUT2D eigenvalue weighted by Crippen LogP contribution is 2.24. The number of para-hydroxylation sites is 3. The van der Waals surface area contributed by atoms with Crippen LogP contribution in [0, 0.1) is 0 Å². The molecule has 0 saturated heterocycles. The van der Waals surface area contributed by atoms with Crippen LogP contribution in [0.4, 0.5) is 16.2 Å². The van der Waals surface area contributed by atoms with E-state index >= 15 is 0 Å². The van der Waals surface area contributed by atoms with Crippen molar-refractivity contribution in [3.05, 3.63) is 83.9 Å². The second kappa shape index (κ2) is 11.3. The molecule has 0 bridgehead atoms. The molecular weight excluding hydrogens is 424 g/mol. The minimum absolute atomic E-state index is 0.119. The van der Waals surface area contributed by atoms with Gasteiger partial charge in [-0.3, -0.25) is 9.59 Å². The summed E-state index contributed by atoms with van der Waals surface area (Å²) in [6.07, 6.45) is -0.693. The number of benzene rings is 3. The van der Waals surface area contributed by atoms with E-state index in [1.54, 1.807) is 44.4 Å². The number of carbonyl (C=O) groups excluding carboxylic acids is 3. The highest BCUT2D eigenvalue weighted by molar-refractivity contribution is 6.07. The molecule has 2 amide bonds. The first kappa shape index (κ1) is 23.3. The Morgan fingerprint density at radius 1 is 0.818 bits per heavy atom. The zero-order valence-corrected chi connectivity index (χ0v) is 18.3. The number of nitrogens with one attached hydrogen (secondary N) is 2. The summed E-state index contributed by atoms with van der Waals surface area (Å²) < 4.78 is 15.0. The molecule has 0 aliphatic carbocycles. The molecule has 0 spiro atoms. The molecule has 0 aliphatic rings. The fraction of sp³-hybridized carbons (Fsp3) is 0.160. The second-order valence-electron chi connectivity index (χ2n) is 6.85. The van der Waals surface area contributed by atoms with Gasteiger partial charge in [-0.05, 0) is 49.4 Å². The maximum absolute atomic E-state index is 12.7. The topological polar surface area (TPSA) is 103 Å². The Bertz CT molecular complexity index is 1130. The van der Waals surface area contributed by atoms with E-state index in [9.17, 15) is 14.4 Å². The summed E-state index contributed by atoms with van der Waals surface area (Å²) in [5, 5.41) is 5.62. The SMILES string of the molecule is CCOC(=O)Oc1ccc(C(=O)Nc2ccccc2NC(=O)Cc2ccccc2OC)cc1. The van der Waals surface area contributed by atoms with Gasteiger partial charge in [-0.2, -0.15) is 0 Å². The third kappa shape index (κ3) is 6.57. The van der Waals surface area contributed by atoms with Crippen LogP contribution in [-0.2, 0) is 16.0 Å². The number of anilines is 2. The van der Waals surface area contributed by atoms with Gasteiger partial charge < -0.3 is 24.8 Å². The Labute approximate surface area is 191 Å². The van der Waals surface area contributed by atoms with Crippen LogP contribution >= 0.6 is 0 Å². The van der Waals surface area contributed by atoms with Crippen LogP contribution in [-0.4, -0.2) is 31.7 Å². The average molecular weight is 448 g/mol. The van der Waals surface area contributed by atoms with Crippen LogP contribution in [0.25, 0.3) is 0 Å². The van der Waals surface area contributed by atoms with Gasteiger partial charge in [-0.1, -0.05) is 30.3 Å². The molecule has 8 nitrogen and oxygen atoms in total. The van der Waals surface area contributed by atoms with Gasteiger partial charge in [0.15, 0.2) is 0 Å². The summed E-state index contributed by atoms with van der Waals surface area (Å²) in [6, 6.07) is 20.2. The predicted octanol–water partition coefficient (Wildman–Crippen LogP) is 4.66. The van der Waals surface area contributed by atoms with E-state index in [1.807, 2.05) is 18.2 Å². The highest BCUT2D eigenvalue weighted by Gasteiger charge is 2.13. The monoisotopic (exact) mass is 448 g/mol. The third-order valence-electron chi connectivity index (χ3n) is 4.57. The molecule has 0 atom stereocenters. The van der Waals surface area contributed by atoms with Crippen LogP contribution in [0.1, 0.15) is 22.8 Å². The second-order valence-corrected chi connectivity index (χ2v) is 6.85. The summed E-state index contributed by atoms with van der Waals surface area (Å²) in [5.74, 6) is 0.254. The van der Waals surface area contributed by atoms with E-state index < -0.39 is 6.16 Å². The lowest BCUT2D eigenvalue weighted by molar-refractivity contribution is -0.115. The maximum Gasteiger partial charge on any atom is 0.513 e. The molecule has 3 aromatic rings. The van der Waals surface area contributed by atoms with E-state index in [4.69, 9.17) is 14.2 Å². The molecule has 2 N–H and O–H groups in total. The lowest BCUT2D eigenvalue weighted by Crippen LogP contribution is -2.18. The van der Waals surface area contributed by atoms with Gasteiger partial charge in [-0.25, -0.2) is 4.79 Å². The molecule has 0 unspecified atom stereocenters. The first-order valence-corrected chi connectivity index (χ1v) is 10.3. The van der Waals surface area contributed by atoms with E-state index in [2.05, 4.69) is 10.6 Å². The van der Waals surface area contributed by atoms with E-state index in [1.165, 1.54) is 24.3 Å². The highest BCUT2D eigenvalue weighted by atomic mass is 16.7. The first-order chi connectivity index (χ1) is 16.0. The summed E-state index contributed by atoms with van der Waals surface area (Å²) in [4.78, 5) is 36.7. The number of hydrogen-bond acceptors (Lipinski definition) is 6. The van der Waals surface area contributed by atoms with Gasteiger partial charge in [0.25, 0.3) is 5.91 Å². The van der Waals surface area contributed by atoms with Crippen LogP contribution in [0.2, 0.25) is 0 Å². The number of amides is 2. The minimum atomic E-state index is -0.813. The summed E-state index contributed by atoms with van der Waals surface area (Å²) in [7, 11) is 1.55. The van der Waals surface area contributed by atoms with Crippen molar-refractivity contribution in [1.82, 2.24) is 0 Å². The maximum atomic E-state index is 12.7. The Morgan fingerprint density at radius 2 is 1.45 bits per heavy atom. The minimum Gasteiger partial charge on any atom is -0.496 e. The Balaban J connectivity index is 1.66. The van der Waals surface area contributed by atoms with Gasteiger partial charge in [0.1, 0.15) is 11.5 Å². The molecule has 0 aliphatic heterocycles. The normalized spacial score (nSPS) is 10.1. The van der Waals surface area contributed by atoms with Crippen molar-refractivity contribution >= 4 is 29.3 Å². The fourth-order valence-corrected chi connectivity index (χ4v) is 3.03. The molecule has 0 heterocycles. The van der Waals surface area contributed by atoms with Crippen LogP contribution in [0.15, 0.2) is 72.8 Å². The molecule has 170 valence electrons. The smallest absolute Gasteiger partial charge is 0.496 e. The van der Waals surface area contributed by atoms with Crippen molar-refractivity contribution < 1.29 is 28.6 Å². The fourth-order valence-electron chi connectivity index (χ4n) is 3.03. The molecular formula is C25H24N2O6. The summed E-state index contributed by atoms with van der Waals surface area (Å²) >= 11 is 0. The van der Waals surface area contributed by atoms with Crippen LogP contribution < -0.4 is 20.1 Å². The van der Waals surface area contributed by atoms with Crippen molar-refractivity contribution in [3.8, 4) is 11.5 Å². The Morgan fingerprint density at radius 3 is 2.12 bits per heavy atom. The van der Waals surface area contributed by atoms with Crippen molar-refractivity contribution in [1.29, 1.82) is 0 Å². The molecule has 0 radical (unpaired) electrons. The van der Waals surface area contributed by atoms with Crippen molar-refractivity contribution in [2.45, 2.75) is 13.3 Å². The van der Waals surface area contributed by atoms with Crippen LogP contribution in [0.5, 0.6) is 11.5 Å². The summed E-state index contributed by atoms with van der Waals surface area (Å²) in [6.45, 7) is 1.88. The molecule has 3 rings (SSSR count). The zero-order chi connectivity index (χ0) is 23.6. The van der Waals surface area contributed by atoms with Gasteiger partial charge in [0, 0.05) is 11.1 Å². The Kier molecular flexibility index (Phi) is 8.02. The lowest BCUT2D eigenvalue weighted by Gasteiger charge is -2.13. The van der Waals surface area contributed by atoms with Gasteiger partial charge in [0.05, 0.1) is 31.5 Å². The van der Waals surface area contributed by atoms with E-state index in [0.29, 0.717) is 22.7 Å². The van der Waals surface area contributed by atoms with Gasteiger partial charge >= 0.3 is 6.16 Å². The molecule has 8 heteroatoms. The molecule has 0 aromatic heterocycles. The van der Waals surface area contributed by atoms with Gasteiger partial charge in [-0.15, -0.1) is 0 Å². The number of rotatable bonds is 8. The third-order valence-corrected chi connectivity index (χ3v) is 4.57. The number of ether oxygens (including phenoxy) is 3. The number of carbonyl (C=O) groups is 3. The molecule has 33 heavy (non-hydrogen) atoms. The van der Waals surface area contributed by atoms with Crippen molar-refractivity contribution in [3.63, 3.8) is 0 Å². The summed E-state index contributed by atoms with van der Waals surface area (Å²) in [5.41, 5.74) is 2.02. The average Bonchev–Trinajstić information content (AvgIpc) is 2.81. The lowest BCUT2D eigenvalue weighted by atomic mass is 10.1. The molecule has 0 fully saturated rings. The predicted molar refractivity (Wildman–Crippen MR) is 124 cm³/mol.